The molecule has 0 bridgehead atoms. The second kappa shape index (κ2) is 8.92. The van der Waals surface area contributed by atoms with Crippen LogP contribution in [-0.4, -0.2) is 92.9 Å². The van der Waals surface area contributed by atoms with Gasteiger partial charge < -0.3 is 28.7 Å². The molecule has 0 saturated carbocycles. The van der Waals surface area contributed by atoms with Gasteiger partial charge in [-0.15, -0.1) is 0 Å². The van der Waals surface area contributed by atoms with Crippen molar-refractivity contribution in [3.05, 3.63) is 17.7 Å². The highest BCUT2D eigenvalue weighted by Crippen LogP contribution is 2.39. The summed E-state index contributed by atoms with van der Waals surface area (Å²) in [6, 6.07) is 3.86. The first-order chi connectivity index (χ1) is 14.9. The maximum atomic E-state index is 12.5. The van der Waals surface area contributed by atoms with Gasteiger partial charge in [-0.25, -0.2) is 0 Å². The molecule has 1 spiro atoms. The number of likely N-dealkylation sites (tertiary alicyclic amines) is 1. The molecule has 0 atom stereocenters. The minimum atomic E-state index is -0.395. The number of carbonyl (C=O) groups excluding carboxylic acids is 2. The van der Waals surface area contributed by atoms with Gasteiger partial charge in [0.1, 0.15) is 5.75 Å². The van der Waals surface area contributed by atoms with E-state index in [2.05, 4.69) is 4.90 Å². The van der Waals surface area contributed by atoms with Crippen LogP contribution in [0, 0.1) is 0 Å². The number of hydrogen-bond acceptors (Lipinski definition) is 7. The van der Waals surface area contributed by atoms with Crippen LogP contribution in [0.3, 0.4) is 0 Å². The molecule has 2 saturated heterocycles. The van der Waals surface area contributed by atoms with Gasteiger partial charge in [-0.3, -0.25) is 14.5 Å². The maximum absolute atomic E-state index is 12.5. The average molecular weight is 434 g/mol. The zero-order chi connectivity index (χ0) is 22.0. The van der Waals surface area contributed by atoms with Crippen LogP contribution in [0.4, 0.5) is 0 Å². The number of amides is 2. The van der Waals surface area contributed by atoms with Crippen molar-refractivity contribution in [3.63, 3.8) is 0 Å². The van der Waals surface area contributed by atoms with E-state index in [0.717, 1.165) is 49.5 Å². The lowest BCUT2D eigenvalue weighted by Crippen LogP contribution is -2.53. The van der Waals surface area contributed by atoms with Gasteiger partial charge in [0.15, 0.2) is 11.5 Å². The van der Waals surface area contributed by atoms with Gasteiger partial charge in [-0.05, 0) is 18.9 Å². The molecule has 1 aromatic rings. The number of fused-ring (bicyclic) bond motifs is 1. The van der Waals surface area contributed by atoms with Crippen molar-refractivity contribution in [1.82, 2.24) is 14.7 Å². The minimum Gasteiger partial charge on any atom is -0.496 e. The topological polar surface area (TPSA) is 80.8 Å². The van der Waals surface area contributed by atoms with E-state index in [0.29, 0.717) is 25.3 Å². The largest absolute Gasteiger partial charge is 0.496 e. The standard InChI is InChI=1S/C22H31N3O6/c1-23(2)21(27)13-25-14-22(31-9-4-20(25)26)5-7-24(8-6-22)12-16-10-18-19(30-15-29-18)11-17(16)28-3/h10-11H,4-9,12-15H2,1-3H3. The summed E-state index contributed by atoms with van der Waals surface area (Å²) in [6.45, 7) is 3.61. The van der Waals surface area contributed by atoms with Crippen LogP contribution in [0.5, 0.6) is 17.2 Å². The summed E-state index contributed by atoms with van der Waals surface area (Å²) >= 11 is 0. The summed E-state index contributed by atoms with van der Waals surface area (Å²) in [5.74, 6) is 2.16. The molecule has 3 aliphatic rings. The molecule has 0 aromatic heterocycles. The monoisotopic (exact) mass is 433 g/mol. The van der Waals surface area contributed by atoms with E-state index < -0.39 is 5.60 Å². The highest BCUT2D eigenvalue weighted by molar-refractivity contribution is 5.84. The number of ether oxygens (including phenoxy) is 4. The molecule has 0 radical (unpaired) electrons. The van der Waals surface area contributed by atoms with Crippen LogP contribution >= 0.6 is 0 Å². The molecule has 4 rings (SSSR count). The predicted octanol–water partition coefficient (Wildman–Crippen LogP) is 1.10. The molecule has 31 heavy (non-hydrogen) atoms. The molecule has 3 heterocycles. The van der Waals surface area contributed by atoms with Crippen molar-refractivity contribution in [2.24, 2.45) is 0 Å². The van der Waals surface area contributed by atoms with E-state index in [4.69, 9.17) is 18.9 Å². The molecule has 9 nitrogen and oxygen atoms in total. The Bertz CT molecular complexity index is 835. The Morgan fingerprint density at radius 3 is 2.58 bits per heavy atom. The summed E-state index contributed by atoms with van der Waals surface area (Å²) in [5, 5.41) is 0. The average Bonchev–Trinajstić information content (AvgIpc) is 3.15. The van der Waals surface area contributed by atoms with Crippen LogP contribution in [0.1, 0.15) is 24.8 Å². The van der Waals surface area contributed by atoms with E-state index in [1.165, 1.54) is 4.90 Å². The van der Waals surface area contributed by atoms with E-state index in [1.54, 1.807) is 26.1 Å². The molecule has 0 N–H and O–H groups in total. The van der Waals surface area contributed by atoms with Crippen molar-refractivity contribution >= 4 is 11.8 Å². The van der Waals surface area contributed by atoms with Gasteiger partial charge >= 0.3 is 0 Å². The number of likely N-dealkylation sites (N-methyl/N-ethyl adjacent to an activating group) is 1. The van der Waals surface area contributed by atoms with Crippen molar-refractivity contribution in [3.8, 4) is 17.2 Å². The molecule has 9 heteroatoms. The third kappa shape index (κ3) is 4.72. The first kappa shape index (κ1) is 21.7. The smallest absolute Gasteiger partial charge is 0.241 e. The SMILES string of the molecule is COc1cc2c(cc1CN1CCC3(CC1)CN(CC(=O)N(C)C)C(=O)CCO3)OCO2. The predicted molar refractivity (Wildman–Crippen MR) is 112 cm³/mol. The van der Waals surface area contributed by atoms with Crippen molar-refractivity contribution in [1.29, 1.82) is 0 Å². The van der Waals surface area contributed by atoms with Crippen molar-refractivity contribution in [2.45, 2.75) is 31.4 Å². The molecule has 170 valence electrons. The minimum absolute atomic E-state index is 0.0143. The van der Waals surface area contributed by atoms with Gasteiger partial charge in [-0.1, -0.05) is 0 Å². The van der Waals surface area contributed by atoms with Crippen LogP contribution in [0.2, 0.25) is 0 Å². The summed E-state index contributed by atoms with van der Waals surface area (Å²) < 4.78 is 22.7. The van der Waals surface area contributed by atoms with Gasteiger partial charge in [-0.2, -0.15) is 0 Å². The molecule has 2 amide bonds. The van der Waals surface area contributed by atoms with E-state index >= 15 is 0 Å². The van der Waals surface area contributed by atoms with Crippen LogP contribution < -0.4 is 14.2 Å². The Hall–Kier alpha value is -2.52. The molecule has 0 aliphatic carbocycles. The fourth-order valence-corrected chi connectivity index (χ4v) is 4.38. The lowest BCUT2D eigenvalue weighted by atomic mass is 9.90. The zero-order valence-electron chi connectivity index (χ0n) is 18.5. The first-order valence-corrected chi connectivity index (χ1v) is 10.7. The Morgan fingerprint density at radius 1 is 1.19 bits per heavy atom. The summed E-state index contributed by atoms with van der Waals surface area (Å²) in [4.78, 5) is 30.2. The summed E-state index contributed by atoms with van der Waals surface area (Å²) in [7, 11) is 5.08. The van der Waals surface area contributed by atoms with Crippen molar-refractivity contribution < 1.29 is 28.5 Å². The molecule has 2 fully saturated rings. The Kier molecular flexibility index (Phi) is 6.24. The van der Waals surface area contributed by atoms with Gasteiger partial charge in [0.25, 0.3) is 0 Å². The number of benzene rings is 1. The number of rotatable bonds is 5. The van der Waals surface area contributed by atoms with E-state index in [-0.39, 0.29) is 25.2 Å². The molecular formula is C22H31N3O6. The maximum Gasteiger partial charge on any atom is 0.241 e. The number of nitrogens with zero attached hydrogens (tertiary/aromatic N) is 3. The highest BCUT2D eigenvalue weighted by atomic mass is 16.7. The quantitative estimate of drug-likeness (QED) is 0.688. The second-order valence-electron chi connectivity index (χ2n) is 8.61. The molecular weight excluding hydrogens is 402 g/mol. The summed E-state index contributed by atoms with van der Waals surface area (Å²) in [5.41, 5.74) is 0.659. The lowest BCUT2D eigenvalue weighted by molar-refractivity contribution is -0.140. The van der Waals surface area contributed by atoms with Crippen LogP contribution in [-0.2, 0) is 20.9 Å². The number of hydrogen-bond donors (Lipinski definition) is 0. The summed E-state index contributed by atoms with van der Waals surface area (Å²) in [6.07, 6.45) is 1.93. The third-order valence-electron chi connectivity index (χ3n) is 6.32. The van der Waals surface area contributed by atoms with E-state index in [1.807, 2.05) is 12.1 Å². The Morgan fingerprint density at radius 2 is 1.90 bits per heavy atom. The van der Waals surface area contributed by atoms with Crippen LogP contribution in [0.15, 0.2) is 12.1 Å². The van der Waals surface area contributed by atoms with Gasteiger partial charge in [0.05, 0.1) is 38.8 Å². The lowest BCUT2D eigenvalue weighted by Gasteiger charge is -2.42. The fourth-order valence-electron chi connectivity index (χ4n) is 4.38. The fraction of sp³-hybridized carbons (Fsp3) is 0.636. The van der Waals surface area contributed by atoms with Gasteiger partial charge in [0.2, 0.25) is 18.6 Å². The number of carbonyl (C=O) groups is 2. The Labute approximate surface area is 182 Å². The molecule has 3 aliphatic heterocycles. The number of methoxy groups -OCH3 is 1. The first-order valence-electron chi connectivity index (χ1n) is 10.7. The van der Waals surface area contributed by atoms with Crippen molar-refractivity contribution in [2.75, 3.05) is 60.8 Å². The second-order valence-corrected chi connectivity index (χ2v) is 8.61. The number of piperidine rings is 1. The Balaban J connectivity index is 1.40. The normalized spacial score (nSPS) is 20.6. The molecule has 0 unspecified atom stereocenters. The van der Waals surface area contributed by atoms with Gasteiger partial charge in [0, 0.05) is 45.4 Å². The third-order valence-corrected chi connectivity index (χ3v) is 6.32. The van der Waals surface area contributed by atoms with E-state index in [9.17, 15) is 9.59 Å². The van der Waals surface area contributed by atoms with Crippen LogP contribution in [0.25, 0.3) is 0 Å². The zero-order valence-corrected chi connectivity index (χ0v) is 18.5. The highest BCUT2D eigenvalue weighted by Gasteiger charge is 2.41. The molecule has 1 aromatic carbocycles.